The molecular formula is C4H9Br2Sn. The van der Waals surface area contributed by atoms with Crippen LogP contribution in [-0.4, -0.2) is 15.3 Å². The molecule has 0 N–H and O–H groups in total. The summed E-state index contributed by atoms with van der Waals surface area (Å²) in [5, 5.41) is 0. The molecule has 0 aromatic rings. The van der Waals surface area contributed by atoms with Crippen LogP contribution in [-0.2, 0) is 0 Å². The zero-order valence-corrected chi connectivity index (χ0v) is 10.4. The summed E-state index contributed by atoms with van der Waals surface area (Å²) >= 11 is 6.16. The van der Waals surface area contributed by atoms with E-state index in [-0.39, 0.29) is 0 Å². The summed E-state index contributed by atoms with van der Waals surface area (Å²) in [5.74, 6) is 0. The molecule has 0 heterocycles. The van der Waals surface area contributed by atoms with Gasteiger partial charge >= 0.3 is 64.9 Å². The Bertz CT molecular complexity index is 38.7. The number of rotatable bonds is 3. The summed E-state index contributed by atoms with van der Waals surface area (Å²) in [6.07, 6.45) is 2.73. The van der Waals surface area contributed by atoms with Gasteiger partial charge in [-0.05, 0) is 0 Å². The second-order valence-electron chi connectivity index (χ2n) is 1.44. The van der Waals surface area contributed by atoms with E-state index >= 15 is 0 Å². The van der Waals surface area contributed by atoms with Crippen molar-refractivity contribution in [1.29, 1.82) is 0 Å². The van der Waals surface area contributed by atoms with Crippen LogP contribution in [0.3, 0.4) is 0 Å². The van der Waals surface area contributed by atoms with Crippen molar-refractivity contribution in [3.8, 4) is 0 Å². The van der Waals surface area contributed by atoms with Gasteiger partial charge in [0.2, 0.25) is 0 Å². The second kappa shape index (κ2) is 5.89. The third-order valence-corrected chi connectivity index (χ3v) is 8.13. The first-order valence-corrected chi connectivity index (χ1v) is 17.3. The molecule has 0 saturated carbocycles. The van der Waals surface area contributed by atoms with Crippen LogP contribution in [0.25, 0.3) is 0 Å². The normalized spacial score (nSPS) is 10.3. The number of hydrogen-bond acceptors (Lipinski definition) is 0. The van der Waals surface area contributed by atoms with E-state index in [1.807, 2.05) is 0 Å². The Labute approximate surface area is 64.3 Å². The summed E-state index contributed by atoms with van der Waals surface area (Å²) in [5.41, 5.74) is 0. The first kappa shape index (κ1) is 8.76. The predicted molar refractivity (Wildman–Crippen MR) is 43.3 cm³/mol. The Morgan fingerprint density at radius 2 is 2.00 bits per heavy atom. The van der Waals surface area contributed by atoms with E-state index in [2.05, 4.69) is 32.3 Å². The minimum atomic E-state index is -1.02. The van der Waals surface area contributed by atoms with Crippen LogP contribution in [0.2, 0.25) is 4.44 Å². The number of unbranched alkanes of at least 4 members (excludes halogenated alkanes) is 1. The molecule has 1 radical (unpaired) electrons. The monoisotopic (exact) mass is 335 g/mol. The molecule has 0 saturated heterocycles. The number of halogens is 2. The number of hydrogen-bond donors (Lipinski definition) is 0. The van der Waals surface area contributed by atoms with Crippen LogP contribution in [0.1, 0.15) is 19.8 Å². The molecular weight excluding hydrogens is 327 g/mol. The summed E-state index contributed by atoms with van der Waals surface area (Å²) in [6, 6.07) is 0. The predicted octanol–water partition coefficient (Wildman–Crippen LogP) is 3.06. The Hall–Kier alpha value is 1.76. The van der Waals surface area contributed by atoms with E-state index in [1.54, 1.807) is 0 Å². The van der Waals surface area contributed by atoms with Crippen LogP contribution in [0.5, 0.6) is 0 Å². The van der Waals surface area contributed by atoms with Crippen molar-refractivity contribution in [1.82, 2.24) is 0 Å². The van der Waals surface area contributed by atoms with Crippen molar-refractivity contribution in [3.05, 3.63) is 0 Å². The fourth-order valence-corrected chi connectivity index (χ4v) is 5.84. The molecule has 0 aromatic heterocycles. The summed E-state index contributed by atoms with van der Waals surface area (Å²) in [4.78, 5) is 0. The van der Waals surface area contributed by atoms with Crippen LogP contribution in [0.15, 0.2) is 0 Å². The first-order chi connectivity index (χ1) is 3.27. The SMILES string of the molecule is CCC[CH2][Sn]([Br])[Br]. The van der Waals surface area contributed by atoms with Crippen LogP contribution in [0.4, 0.5) is 0 Å². The standard InChI is InChI=1S/C4H9.2BrH.Sn/c1-3-4-2;;;/h1,3-4H2,2H3;2*1H;/q;;;+2/p-2. The van der Waals surface area contributed by atoms with E-state index in [0.717, 1.165) is 0 Å². The van der Waals surface area contributed by atoms with Gasteiger partial charge in [0.1, 0.15) is 0 Å². The van der Waals surface area contributed by atoms with Crippen LogP contribution >= 0.6 is 25.4 Å². The topological polar surface area (TPSA) is 0 Å². The summed E-state index contributed by atoms with van der Waals surface area (Å²) < 4.78 is 1.43. The van der Waals surface area contributed by atoms with Gasteiger partial charge in [-0.3, -0.25) is 0 Å². The molecule has 0 atom stereocenters. The van der Waals surface area contributed by atoms with Crippen molar-refractivity contribution < 1.29 is 0 Å². The van der Waals surface area contributed by atoms with Crippen molar-refractivity contribution >= 4 is 40.7 Å². The zero-order chi connectivity index (χ0) is 5.70. The van der Waals surface area contributed by atoms with Gasteiger partial charge in [-0.25, -0.2) is 0 Å². The Morgan fingerprint density at radius 1 is 1.43 bits per heavy atom. The van der Waals surface area contributed by atoms with Crippen LogP contribution in [0, 0.1) is 0 Å². The molecule has 0 fully saturated rings. The van der Waals surface area contributed by atoms with E-state index in [4.69, 9.17) is 0 Å². The quantitative estimate of drug-likeness (QED) is 0.695. The fraction of sp³-hybridized carbons (Fsp3) is 1.00. The Morgan fingerprint density at radius 3 is 2.14 bits per heavy atom. The molecule has 0 aliphatic rings. The van der Waals surface area contributed by atoms with Gasteiger partial charge in [0.15, 0.2) is 0 Å². The summed E-state index contributed by atoms with van der Waals surface area (Å²) in [7, 11) is 0. The van der Waals surface area contributed by atoms with Gasteiger partial charge in [0.05, 0.1) is 0 Å². The van der Waals surface area contributed by atoms with Gasteiger partial charge < -0.3 is 0 Å². The molecule has 43 valence electrons. The van der Waals surface area contributed by atoms with E-state index < -0.39 is 15.3 Å². The molecule has 0 aliphatic heterocycles. The zero-order valence-electron chi connectivity index (χ0n) is 4.38. The maximum atomic E-state index is 3.59. The molecule has 0 unspecified atom stereocenters. The Kier molecular flexibility index (Phi) is 7.37. The third kappa shape index (κ3) is 7.76. The third-order valence-electron chi connectivity index (χ3n) is 0.719. The minimum absolute atomic E-state index is 1.02. The molecule has 0 aromatic carbocycles. The first-order valence-electron chi connectivity index (χ1n) is 2.44. The van der Waals surface area contributed by atoms with Crippen molar-refractivity contribution in [2.75, 3.05) is 0 Å². The molecule has 0 bridgehead atoms. The van der Waals surface area contributed by atoms with E-state index in [0.29, 0.717) is 0 Å². The van der Waals surface area contributed by atoms with Gasteiger partial charge in [-0.2, -0.15) is 0 Å². The van der Waals surface area contributed by atoms with Crippen molar-refractivity contribution in [3.63, 3.8) is 0 Å². The van der Waals surface area contributed by atoms with E-state index in [1.165, 1.54) is 17.3 Å². The average Bonchev–Trinajstić information content (AvgIpc) is 1.61. The fourth-order valence-electron chi connectivity index (χ4n) is 0.310. The molecule has 3 heteroatoms. The van der Waals surface area contributed by atoms with E-state index in [9.17, 15) is 0 Å². The van der Waals surface area contributed by atoms with Gasteiger partial charge in [-0.1, -0.05) is 0 Å². The second-order valence-corrected chi connectivity index (χ2v) is 24.8. The molecule has 0 nitrogen and oxygen atoms in total. The van der Waals surface area contributed by atoms with Crippen LogP contribution < -0.4 is 0 Å². The molecule has 0 amide bonds. The average molecular weight is 336 g/mol. The van der Waals surface area contributed by atoms with Gasteiger partial charge in [-0.15, -0.1) is 0 Å². The van der Waals surface area contributed by atoms with Crippen molar-refractivity contribution in [2.24, 2.45) is 0 Å². The molecule has 7 heavy (non-hydrogen) atoms. The summed E-state index contributed by atoms with van der Waals surface area (Å²) in [6.45, 7) is 2.23. The Balaban J connectivity index is 2.68. The maximum absolute atomic E-state index is 3.59. The molecule has 0 spiro atoms. The molecule has 0 rings (SSSR count). The van der Waals surface area contributed by atoms with Gasteiger partial charge in [0.25, 0.3) is 0 Å². The molecule has 0 aliphatic carbocycles. The van der Waals surface area contributed by atoms with Crippen molar-refractivity contribution in [2.45, 2.75) is 24.2 Å². The van der Waals surface area contributed by atoms with Gasteiger partial charge in [0, 0.05) is 0 Å².